The molecular formula is C22H15FN2O. The fourth-order valence-corrected chi connectivity index (χ4v) is 2.85. The third-order valence-electron chi connectivity index (χ3n) is 4.13. The number of hydrazone groups is 1. The fraction of sp³-hybridized carbons (Fsp3) is 0. The van der Waals surface area contributed by atoms with Gasteiger partial charge in [0.2, 0.25) is 0 Å². The van der Waals surface area contributed by atoms with Gasteiger partial charge in [-0.05, 0) is 24.3 Å². The Bertz CT molecular complexity index is 1010. The number of amides is 1. The molecule has 3 aromatic carbocycles. The molecule has 3 nitrogen and oxygen atoms in total. The number of carbonyl (C=O) groups is 1. The van der Waals surface area contributed by atoms with Crippen LogP contribution in [0, 0.1) is 5.82 Å². The summed E-state index contributed by atoms with van der Waals surface area (Å²) >= 11 is 0. The predicted octanol–water partition coefficient (Wildman–Crippen LogP) is 4.66. The molecule has 1 aliphatic rings. The van der Waals surface area contributed by atoms with Crippen molar-refractivity contribution in [3.63, 3.8) is 0 Å². The van der Waals surface area contributed by atoms with E-state index < -0.39 is 0 Å². The second-order valence-electron chi connectivity index (χ2n) is 5.85. The highest BCUT2D eigenvalue weighted by Crippen LogP contribution is 2.28. The van der Waals surface area contributed by atoms with Crippen LogP contribution in [-0.4, -0.2) is 11.6 Å². The number of rotatable bonds is 3. The molecule has 0 unspecified atom stereocenters. The first-order chi connectivity index (χ1) is 12.7. The van der Waals surface area contributed by atoms with Crippen LogP contribution in [0.3, 0.4) is 0 Å². The molecule has 0 atom stereocenters. The number of hydrogen-bond donors (Lipinski definition) is 0. The van der Waals surface area contributed by atoms with Crippen molar-refractivity contribution in [1.29, 1.82) is 0 Å². The summed E-state index contributed by atoms with van der Waals surface area (Å²) in [5, 5.41) is 5.88. The lowest BCUT2D eigenvalue weighted by Gasteiger charge is -2.10. The van der Waals surface area contributed by atoms with Gasteiger partial charge in [-0.3, -0.25) is 4.79 Å². The SMILES string of the molecule is O=C1/C(=C\c2ccccc2F)C(c2ccccc2)=NN1c1ccccc1. The average Bonchev–Trinajstić information content (AvgIpc) is 3.01. The average molecular weight is 342 g/mol. The van der Waals surface area contributed by atoms with Gasteiger partial charge in [-0.2, -0.15) is 10.1 Å². The van der Waals surface area contributed by atoms with E-state index >= 15 is 0 Å². The Balaban J connectivity index is 1.85. The van der Waals surface area contributed by atoms with E-state index in [2.05, 4.69) is 5.10 Å². The summed E-state index contributed by atoms with van der Waals surface area (Å²) in [6, 6.07) is 25.0. The van der Waals surface area contributed by atoms with Gasteiger partial charge in [-0.1, -0.05) is 66.7 Å². The summed E-state index contributed by atoms with van der Waals surface area (Å²) in [7, 11) is 0. The van der Waals surface area contributed by atoms with Crippen molar-refractivity contribution in [1.82, 2.24) is 0 Å². The van der Waals surface area contributed by atoms with Crippen LogP contribution in [-0.2, 0) is 4.79 Å². The zero-order valence-electron chi connectivity index (χ0n) is 13.8. The standard InChI is InChI=1S/C22H15FN2O/c23-20-14-8-7-11-17(20)15-19-21(16-9-3-1-4-10-16)24-25(22(19)26)18-12-5-2-6-13-18/h1-15H/b19-15-. The summed E-state index contributed by atoms with van der Waals surface area (Å²) in [6.07, 6.45) is 1.56. The number of nitrogens with zero attached hydrogens (tertiary/aromatic N) is 2. The summed E-state index contributed by atoms with van der Waals surface area (Å²) < 4.78 is 14.1. The normalized spacial score (nSPS) is 15.4. The van der Waals surface area contributed by atoms with Crippen LogP contribution in [0.4, 0.5) is 10.1 Å². The van der Waals surface area contributed by atoms with Crippen molar-refractivity contribution in [2.75, 3.05) is 5.01 Å². The Morgan fingerprint density at radius 3 is 2.12 bits per heavy atom. The van der Waals surface area contributed by atoms with E-state index in [1.54, 1.807) is 24.3 Å². The Hall–Kier alpha value is -3.53. The molecule has 0 saturated carbocycles. The monoisotopic (exact) mass is 342 g/mol. The summed E-state index contributed by atoms with van der Waals surface area (Å²) in [5.74, 6) is -0.656. The van der Waals surface area contributed by atoms with E-state index in [0.29, 0.717) is 22.5 Å². The van der Waals surface area contributed by atoms with Crippen LogP contribution in [0.25, 0.3) is 6.08 Å². The van der Waals surface area contributed by atoms with Crippen molar-refractivity contribution in [3.8, 4) is 0 Å². The molecule has 0 N–H and O–H groups in total. The van der Waals surface area contributed by atoms with Gasteiger partial charge in [0.15, 0.2) is 0 Å². The van der Waals surface area contributed by atoms with Crippen molar-refractivity contribution in [2.45, 2.75) is 0 Å². The minimum Gasteiger partial charge on any atom is -0.267 e. The van der Waals surface area contributed by atoms with Crippen molar-refractivity contribution in [3.05, 3.63) is 107 Å². The molecule has 4 rings (SSSR count). The largest absolute Gasteiger partial charge is 0.281 e. The Kier molecular flexibility index (Phi) is 4.15. The molecule has 0 saturated heterocycles. The Morgan fingerprint density at radius 2 is 1.42 bits per heavy atom. The number of para-hydroxylation sites is 1. The van der Waals surface area contributed by atoms with Gasteiger partial charge in [0, 0.05) is 11.1 Å². The zero-order valence-corrected chi connectivity index (χ0v) is 13.8. The van der Waals surface area contributed by atoms with Gasteiger partial charge < -0.3 is 0 Å². The number of carbonyl (C=O) groups excluding carboxylic acids is 1. The van der Waals surface area contributed by atoms with Gasteiger partial charge >= 0.3 is 0 Å². The molecule has 3 aromatic rings. The van der Waals surface area contributed by atoms with Crippen LogP contribution < -0.4 is 5.01 Å². The third kappa shape index (κ3) is 2.93. The highest BCUT2D eigenvalue weighted by molar-refractivity contribution is 6.37. The molecule has 0 aliphatic carbocycles. The minimum atomic E-state index is -0.377. The molecule has 1 amide bonds. The van der Waals surface area contributed by atoms with E-state index in [9.17, 15) is 9.18 Å². The molecule has 0 aromatic heterocycles. The van der Waals surface area contributed by atoms with Gasteiger partial charge in [0.05, 0.1) is 11.3 Å². The quantitative estimate of drug-likeness (QED) is 0.637. The molecular weight excluding hydrogens is 327 g/mol. The second kappa shape index (κ2) is 6.76. The van der Waals surface area contributed by atoms with Gasteiger partial charge in [-0.15, -0.1) is 0 Å². The lowest BCUT2D eigenvalue weighted by atomic mass is 10.00. The third-order valence-corrected chi connectivity index (χ3v) is 4.13. The van der Waals surface area contributed by atoms with Crippen LogP contribution in [0.15, 0.2) is 95.6 Å². The molecule has 0 spiro atoms. The van der Waals surface area contributed by atoms with E-state index in [0.717, 1.165) is 5.56 Å². The Morgan fingerprint density at radius 1 is 0.808 bits per heavy atom. The van der Waals surface area contributed by atoms with E-state index in [1.807, 2.05) is 60.7 Å². The first-order valence-electron chi connectivity index (χ1n) is 8.24. The van der Waals surface area contributed by atoms with Crippen molar-refractivity contribution < 1.29 is 9.18 Å². The summed E-state index contributed by atoms with van der Waals surface area (Å²) in [6.45, 7) is 0. The molecule has 126 valence electrons. The molecule has 1 heterocycles. The minimum absolute atomic E-state index is 0.279. The Labute approximate surface area is 150 Å². The van der Waals surface area contributed by atoms with Crippen LogP contribution in [0.5, 0.6) is 0 Å². The molecule has 0 radical (unpaired) electrons. The van der Waals surface area contributed by atoms with Crippen LogP contribution >= 0.6 is 0 Å². The van der Waals surface area contributed by atoms with Crippen LogP contribution in [0.1, 0.15) is 11.1 Å². The highest BCUT2D eigenvalue weighted by Gasteiger charge is 2.32. The summed E-state index contributed by atoms with van der Waals surface area (Å²) in [5.41, 5.74) is 2.73. The maximum atomic E-state index is 14.1. The first-order valence-corrected chi connectivity index (χ1v) is 8.24. The molecule has 0 fully saturated rings. The van der Waals surface area contributed by atoms with Crippen molar-refractivity contribution >= 4 is 23.4 Å². The lowest BCUT2D eigenvalue weighted by molar-refractivity contribution is -0.114. The second-order valence-corrected chi connectivity index (χ2v) is 5.85. The molecule has 1 aliphatic heterocycles. The maximum absolute atomic E-state index is 14.1. The van der Waals surface area contributed by atoms with E-state index in [1.165, 1.54) is 11.1 Å². The van der Waals surface area contributed by atoms with Crippen LogP contribution in [0.2, 0.25) is 0 Å². The van der Waals surface area contributed by atoms with Crippen molar-refractivity contribution in [2.24, 2.45) is 5.10 Å². The number of halogens is 1. The number of anilines is 1. The maximum Gasteiger partial charge on any atom is 0.281 e. The van der Waals surface area contributed by atoms with Gasteiger partial charge in [0.25, 0.3) is 5.91 Å². The first kappa shape index (κ1) is 16.0. The highest BCUT2D eigenvalue weighted by atomic mass is 19.1. The van der Waals surface area contributed by atoms with E-state index in [4.69, 9.17) is 0 Å². The number of benzene rings is 3. The predicted molar refractivity (Wildman–Crippen MR) is 101 cm³/mol. The summed E-state index contributed by atoms with van der Waals surface area (Å²) in [4.78, 5) is 13.0. The van der Waals surface area contributed by atoms with Gasteiger partial charge in [0.1, 0.15) is 11.5 Å². The number of hydrogen-bond acceptors (Lipinski definition) is 2. The molecule has 0 bridgehead atoms. The fourth-order valence-electron chi connectivity index (χ4n) is 2.85. The smallest absolute Gasteiger partial charge is 0.267 e. The molecule has 4 heteroatoms. The van der Waals surface area contributed by atoms with Gasteiger partial charge in [-0.25, -0.2) is 4.39 Å². The van der Waals surface area contributed by atoms with E-state index in [-0.39, 0.29) is 11.7 Å². The zero-order chi connectivity index (χ0) is 17.9. The lowest BCUT2D eigenvalue weighted by Crippen LogP contribution is -2.21. The topological polar surface area (TPSA) is 32.7 Å². The molecule has 26 heavy (non-hydrogen) atoms.